The molecule has 0 saturated carbocycles. The number of benzene rings is 1. The number of aryl methyl sites for hydroxylation is 1. The number of nitrogens with zero attached hydrogens (tertiary/aromatic N) is 1. The Hall–Kier alpha value is -1.07. The monoisotopic (exact) mass is 368 g/mol. The van der Waals surface area contributed by atoms with Crippen LogP contribution < -0.4 is 10.1 Å². The number of piperidine rings is 1. The molecule has 1 aromatic carbocycles. The summed E-state index contributed by atoms with van der Waals surface area (Å²) < 4.78 is 6.74. The molecule has 2 unspecified atom stereocenters. The first-order chi connectivity index (χ1) is 10.5. The molecular formula is C17H25BrN2O2. The van der Waals surface area contributed by atoms with Gasteiger partial charge in [0.25, 0.3) is 5.91 Å². The van der Waals surface area contributed by atoms with Gasteiger partial charge in [-0.15, -0.1) is 0 Å². The number of halogens is 1. The van der Waals surface area contributed by atoms with Crippen LogP contribution in [0, 0.1) is 12.8 Å². The summed E-state index contributed by atoms with van der Waals surface area (Å²) in [5, 5.41) is 3.20. The van der Waals surface area contributed by atoms with E-state index in [-0.39, 0.29) is 5.91 Å². The maximum absolute atomic E-state index is 12.6. The Labute approximate surface area is 141 Å². The van der Waals surface area contributed by atoms with Gasteiger partial charge in [0.05, 0.1) is 4.47 Å². The SMILES string of the molecule is CNCC1CCCN(C(=O)C(C)Oc2ccc(C)cc2Br)C1. The van der Waals surface area contributed by atoms with Crippen molar-refractivity contribution in [2.24, 2.45) is 5.92 Å². The lowest BCUT2D eigenvalue weighted by atomic mass is 9.97. The van der Waals surface area contributed by atoms with Crippen molar-refractivity contribution in [3.05, 3.63) is 28.2 Å². The predicted molar refractivity (Wildman–Crippen MR) is 92.2 cm³/mol. The van der Waals surface area contributed by atoms with Crippen LogP contribution in [0.4, 0.5) is 0 Å². The van der Waals surface area contributed by atoms with Gasteiger partial charge in [0.1, 0.15) is 5.75 Å². The highest BCUT2D eigenvalue weighted by Gasteiger charge is 2.27. The van der Waals surface area contributed by atoms with Crippen molar-refractivity contribution in [1.29, 1.82) is 0 Å². The molecule has 4 nitrogen and oxygen atoms in total. The lowest BCUT2D eigenvalue weighted by Crippen LogP contribution is -2.47. The smallest absolute Gasteiger partial charge is 0.263 e. The topological polar surface area (TPSA) is 41.6 Å². The highest BCUT2D eigenvalue weighted by molar-refractivity contribution is 9.10. The fourth-order valence-electron chi connectivity index (χ4n) is 2.92. The second-order valence-corrected chi connectivity index (χ2v) is 6.90. The molecule has 5 heteroatoms. The summed E-state index contributed by atoms with van der Waals surface area (Å²) in [6.45, 7) is 6.47. The zero-order valence-electron chi connectivity index (χ0n) is 13.6. The van der Waals surface area contributed by atoms with Gasteiger partial charge in [0.15, 0.2) is 6.10 Å². The Balaban J connectivity index is 1.96. The second kappa shape index (κ2) is 7.97. The van der Waals surface area contributed by atoms with E-state index >= 15 is 0 Å². The minimum absolute atomic E-state index is 0.0771. The number of likely N-dealkylation sites (tertiary alicyclic amines) is 1. The van der Waals surface area contributed by atoms with Crippen LogP contribution in [0.2, 0.25) is 0 Å². The number of amides is 1. The molecule has 1 N–H and O–H groups in total. The molecule has 0 aliphatic carbocycles. The minimum Gasteiger partial charge on any atom is -0.480 e. The van der Waals surface area contributed by atoms with Crippen LogP contribution in [0.3, 0.4) is 0 Å². The lowest BCUT2D eigenvalue weighted by Gasteiger charge is -2.34. The molecule has 1 aromatic rings. The molecule has 0 radical (unpaired) electrons. The third-order valence-electron chi connectivity index (χ3n) is 4.06. The van der Waals surface area contributed by atoms with Gasteiger partial charge in [-0.25, -0.2) is 0 Å². The number of nitrogens with one attached hydrogen (secondary N) is 1. The van der Waals surface area contributed by atoms with Crippen LogP contribution in [-0.4, -0.2) is 43.6 Å². The number of ether oxygens (including phenoxy) is 1. The van der Waals surface area contributed by atoms with Crippen molar-refractivity contribution >= 4 is 21.8 Å². The van der Waals surface area contributed by atoms with Crippen LogP contribution in [-0.2, 0) is 4.79 Å². The van der Waals surface area contributed by atoms with Gasteiger partial charge >= 0.3 is 0 Å². The summed E-state index contributed by atoms with van der Waals surface area (Å²) in [6, 6.07) is 5.89. The largest absolute Gasteiger partial charge is 0.480 e. The van der Waals surface area contributed by atoms with Crippen LogP contribution in [0.15, 0.2) is 22.7 Å². The average Bonchev–Trinajstić information content (AvgIpc) is 2.50. The van der Waals surface area contributed by atoms with E-state index < -0.39 is 6.10 Å². The van der Waals surface area contributed by atoms with Crippen molar-refractivity contribution in [3.63, 3.8) is 0 Å². The standard InChI is InChI=1S/C17H25BrN2O2/c1-12-6-7-16(15(18)9-12)22-13(2)17(21)20-8-4-5-14(11-20)10-19-3/h6-7,9,13-14,19H,4-5,8,10-11H2,1-3H3. The molecule has 122 valence electrons. The second-order valence-electron chi connectivity index (χ2n) is 6.04. The predicted octanol–water partition coefficient (Wildman–Crippen LogP) is 2.98. The molecule has 1 fully saturated rings. The van der Waals surface area contributed by atoms with Crippen molar-refractivity contribution < 1.29 is 9.53 Å². The van der Waals surface area contributed by atoms with E-state index in [1.54, 1.807) is 0 Å². The molecule has 1 aliphatic rings. The van der Waals surface area contributed by atoms with Gasteiger partial charge in [-0.3, -0.25) is 4.79 Å². The zero-order chi connectivity index (χ0) is 16.1. The third-order valence-corrected chi connectivity index (χ3v) is 4.68. The first-order valence-corrected chi connectivity index (χ1v) is 8.66. The van der Waals surface area contributed by atoms with E-state index in [1.165, 1.54) is 6.42 Å². The van der Waals surface area contributed by atoms with Crippen molar-refractivity contribution in [2.45, 2.75) is 32.8 Å². The van der Waals surface area contributed by atoms with Gasteiger partial charge in [-0.1, -0.05) is 6.07 Å². The fraction of sp³-hybridized carbons (Fsp3) is 0.588. The number of carbonyl (C=O) groups is 1. The summed E-state index contributed by atoms with van der Waals surface area (Å²) in [5.41, 5.74) is 1.16. The Morgan fingerprint density at radius 1 is 1.55 bits per heavy atom. The molecule has 1 aliphatic heterocycles. The van der Waals surface area contributed by atoms with E-state index in [9.17, 15) is 4.79 Å². The third kappa shape index (κ3) is 4.46. The molecule has 2 rings (SSSR count). The van der Waals surface area contributed by atoms with Crippen LogP contribution in [0.25, 0.3) is 0 Å². The summed E-state index contributed by atoms with van der Waals surface area (Å²) in [7, 11) is 1.96. The Bertz CT molecular complexity index is 519. The lowest BCUT2D eigenvalue weighted by molar-refractivity contribution is -0.139. The van der Waals surface area contributed by atoms with E-state index in [0.717, 1.165) is 41.8 Å². The molecule has 0 aromatic heterocycles. The summed E-state index contributed by atoms with van der Waals surface area (Å²) in [4.78, 5) is 14.5. The number of hydrogen-bond acceptors (Lipinski definition) is 3. The molecule has 1 heterocycles. The van der Waals surface area contributed by atoms with Crippen LogP contribution in [0.5, 0.6) is 5.75 Å². The van der Waals surface area contributed by atoms with Crippen LogP contribution >= 0.6 is 15.9 Å². The van der Waals surface area contributed by atoms with Gasteiger partial charge in [0.2, 0.25) is 0 Å². The van der Waals surface area contributed by atoms with E-state index in [4.69, 9.17) is 4.74 Å². The summed E-state index contributed by atoms with van der Waals surface area (Å²) in [6.07, 6.45) is 1.79. The molecule has 0 bridgehead atoms. The van der Waals surface area contributed by atoms with E-state index in [1.807, 2.05) is 44.0 Å². The molecule has 1 amide bonds. The number of rotatable bonds is 5. The van der Waals surface area contributed by atoms with Crippen molar-refractivity contribution in [3.8, 4) is 5.75 Å². The van der Waals surface area contributed by atoms with Crippen molar-refractivity contribution in [2.75, 3.05) is 26.7 Å². The molecule has 0 spiro atoms. The maximum atomic E-state index is 12.6. The van der Waals surface area contributed by atoms with Gasteiger partial charge < -0.3 is 15.0 Å². The molecule has 22 heavy (non-hydrogen) atoms. The highest BCUT2D eigenvalue weighted by Crippen LogP contribution is 2.27. The quantitative estimate of drug-likeness (QED) is 0.868. The molecule has 1 saturated heterocycles. The Kier molecular flexibility index (Phi) is 6.26. The van der Waals surface area contributed by atoms with Gasteiger partial charge in [-0.2, -0.15) is 0 Å². The first kappa shape index (κ1) is 17.3. The Morgan fingerprint density at radius 3 is 3.00 bits per heavy atom. The zero-order valence-corrected chi connectivity index (χ0v) is 15.1. The van der Waals surface area contributed by atoms with Gasteiger partial charge in [-0.05, 0) is 79.8 Å². The summed E-state index contributed by atoms with van der Waals surface area (Å²) >= 11 is 3.49. The minimum atomic E-state index is -0.465. The molecule has 2 atom stereocenters. The highest BCUT2D eigenvalue weighted by atomic mass is 79.9. The Morgan fingerprint density at radius 2 is 2.32 bits per heavy atom. The first-order valence-electron chi connectivity index (χ1n) is 7.87. The van der Waals surface area contributed by atoms with Crippen LogP contribution in [0.1, 0.15) is 25.3 Å². The van der Waals surface area contributed by atoms with E-state index in [0.29, 0.717) is 5.92 Å². The fourth-order valence-corrected chi connectivity index (χ4v) is 3.51. The molecular weight excluding hydrogens is 344 g/mol. The van der Waals surface area contributed by atoms with Gasteiger partial charge in [0, 0.05) is 13.1 Å². The number of carbonyl (C=O) groups excluding carboxylic acids is 1. The van der Waals surface area contributed by atoms with E-state index in [2.05, 4.69) is 21.2 Å². The number of hydrogen-bond donors (Lipinski definition) is 1. The average molecular weight is 369 g/mol. The summed E-state index contributed by atoms with van der Waals surface area (Å²) in [5.74, 6) is 1.34. The normalized spacial score (nSPS) is 19.8. The van der Waals surface area contributed by atoms with Crippen molar-refractivity contribution in [1.82, 2.24) is 10.2 Å². The maximum Gasteiger partial charge on any atom is 0.263 e.